The highest BCUT2D eigenvalue weighted by Gasteiger charge is 2.48. The Hall–Kier alpha value is -1.13. The first-order valence-corrected chi connectivity index (χ1v) is 10.4. The van der Waals surface area contributed by atoms with E-state index in [1.807, 2.05) is 19.1 Å². The fourth-order valence-electron chi connectivity index (χ4n) is 5.00. The largest absolute Gasteiger partial charge is 0.550 e. The standard InChI is InChI=1S/C22H36O4/c1-4-6-7-9-16(23)10-11-18-20(24)13-15-12-19(14(3)21(15)18)17(8-5-2)22(25)26/h10-12,14-18,20-21,23-24H,4-9,13H2,1-3H3,(H,25,26)/p-1. The summed E-state index contributed by atoms with van der Waals surface area (Å²) in [5.41, 5.74) is 0.982. The summed E-state index contributed by atoms with van der Waals surface area (Å²) in [6.07, 6.45) is 11.1. The van der Waals surface area contributed by atoms with Gasteiger partial charge in [-0.15, -0.1) is 0 Å². The number of aliphatic hydroxyl groups excluding tert-OH is 2. The molecule has 0 heterocycles. The van der Waals surface area contributed by atoms with Crippen LogP contribution < -0.4 is 5.11 Å². The van der Waals surface area contributed by atoms with Crippen molar-refractivity contribution in [1.29, 1.82) is 0 Å². The molecular formula is C22H35O4-. The van der Waals surface area contributed by atoms with Crippen molar-refractivity contribution in [2.45, 2.75) is 77.9 Å². The molecule has 0 radical (unpaired) electrons. The van der Waals surface area contributed by atoms with Crippen molar-refractivity contribution in [2.75, 3.05) is 0 Å². The first kappa shape index (κ1) is 21.2. The van der Waals surface area contributed by atoms with Gasteiger partial charge < -0.3 is 20.1 Å². The van der Waals surface area contributed by atoms with Crippen LogP contribution in [0.3, 0.4) is 0 Å². The number of carboxylic acid groups (broad SMARTS) is 1. The van der Waals surface area contributed by atoms with E-state index in [4.69, 9.17) is 0 Å². The summed E-state index contributed by atoms with van der Waals surface area (Å²) in [7, 11) is 0. The molecule has 1 fully saturated rings. The molecule has 2 aliphatic rings. The molecule has 0 spiro atoms. The van der Waals surface area contributed by atoms with Gasteiger partial charge in [0.2, 0.25) is 0 Å². The fraction of sp³-hybridized carbons (Fsp3) is 0.773. The van der Waals surface area contributed by atoms with Gasteiger partial charge in [-0.25, -0.2) is 0 Å². The third kappa shape index (κ3) is 4.77. The molecule has 2 rings (SSSR count). The Balaban J connectivity index is 2.06. The topological polar surface area (TPSA) is 80.6 Å². The second-order valence-corrected chi connectivity index (χ2v) is 8.19. The van der Waals surface area contributed by atoms with Crippen molar-refractivity contribution < 1.29 is 20.1 Å². The molecule has 1 saturated carbocycles. The van der Waals surface area contributed by atoms with Crippen LogP contribution in [0.1, 0.15) is 65.7 Å². The minimum atomic E-state index is -0.982. The number of carbonyl (C=O) groups excluding carboxylic acids is 1. The number of carbonyl (C=O) groups is 1. The summed E-state index contributed by atoms with van der Waals surface area (Å²) in [6, 6.07) is 0. The zero-order valence-electron chi connectivity index (χ0n) is 16.4. The van der Waals surface area contributed by atoms with Gasteiger partial charge in [-0.3, -0.25) is 0 Å². The number of hydrogen-bond acceptors (Lipinski definition) is 4. The van der Waals surface area contributed by atoms with Crippen LogP contribution in [0, 0.1) is 29.6 Å². The summed E-state index contributed by atoms with van der Waals surface area (Å²) >= 11 is 0. The lowest BCUT2D eigenvalue weighted by molar-refractivity contribution is -0.310. The lowest BCUT2D eigenvalue weighted by Gasteiger charge is -2.28. The van der Waals surface area contributed by atoms with Crippen LogP contribution in [0.5, 0.6) is 0 Å². The van der Waals surface area contributed by atoms with Crippen molar-refractivity contribution in [2.24, 2.45) is 29.6 Å². The van der Waals surface area contributed by atoms with E-state index < -0.39 is 24.1 Å². The van der Waals surface area contributed by atoms with E-state index in [2.05, 4.69) is 19.9 Å². The molecule has 0 bridgehead atoms. The van der Waals surface area contributed by atoms with Gasteiger partial charge >= 0.3 is 0 Å². The number of carboxylic acids is 1. The Labute approximate surface area is 158 Å². The Kier molecular flexibility index (Phi) is 7.90. The number of rotatable bonds is 10. The molecule has 4 nitrogen and oxygen atoms in total. The minimum absolute atomic E-state index is 0.0198. The Morgan fingerprint density at radius 2 is 2.04 bits per heavy atom. The van der Waals surface area contributed by atoms with Crippen molar-refractivity contribution in [3.8, 4) is 0 Å². The van der Waals surface area contributed by atoms with Crippen molar-refractivity contribution in [3.05, 3.63) is 23.8 Å². The van der Waals surface area contributed by atoms with Crippen molar-refractivity contribution >= 4 is 5.97 Å². The predicted octanol–water partition coefficient (Wildman–Crippen LogP) is 2.84. The molecule has 4 heteroatoms. The van der Waals surface area contributed by atoms with E-state index in [1.54, 1.807) is 0 Å². The zero-order valence-corrected chi connectivity index (χ0v) is 16.4. The van der Waals surface area contributed by atoms with Gasteiger partial charge in [0, 0.05) is 17.8 Å². The van der Waals surface area contributed by atoms with Crippen LogP contribution in [0.25, 0.3) is 0 Å². The van der Waals surface area contributed by atoms with Crippen LogP contribution >= 0.6 is 0 Å². The first-order valence-electron chi connectivity index (χ1n) is 10.4. The molecular weight excluding hydrogens is 328 g/mol. The summed E-state index contributed by atoms with van der Waals surface area (Å²) in [4.78, 5) is 11.6. The van der Waals surface area contributed by atoms with E-state index >= 15 is 0 Å². The summed E-state index contributed by atoms with van der Waals surface area (Å²) in [5.74, 6) is -0.948. The molecule has 0 aromatic heterocycles. The Bertz CT molecular complexity index is 524. The zero-order chi connectivity index (χ0) is 19.3. The summed E-state index contributed by atoms with van der Waals surface area (Å²) in [6.45, 7) is 6.21. The molecule has 0 aromatic rings. The van der Waals surface area contributed by atoms with Crippen LogP contribution in [0.4, 0.5) is 0 Å². The Morgan fingerprint density at radius 3 is 2.65 bits per heavy atom. The van der Waals surface area contributed by atoms with Crippen LogP contribution in [-0.2, 0) is 4.79 Å². The van der Waals surface area contributed by atoms with E-state index in [9.17, 15) is 20.1 Å². The monoisotopic (exact) mass is 363 g/mol. The number of fused-ring (bicyclic) bond motifs is 1. The molecule has 7 atom stereocenters. The molecule has 26 heavy (non-hydrogen) atoms. The van der Waals surface area contributed by atoms with Crippen LogP contribution in [-0.4, -0.2) is 28.4 Å². The van der Waals surface area contributed by atoms with Gasteiger partial charge in [-0.1, -0.05) is 70.3 Å². The number of aliphatic hydroxyl groups is 2. The third-order valence-corrected chi connectivity index (χ3v) is 6.33. The van der Waals surface area contributed by atoms with Crippen LogP contribution in [0.2, 0.25) is 0 Å². The predicted molar refractivity (Wildman–Crippen MR) is 101 cm³/mol. The molecule has 2 N–H and O–H groups in total. The molecule has 0 aromatic carbocycles. The average molecular weight is 364 g/mol. The van der Waals surface area contributed by atoms with E-state index in [0.717, 1.165) is 37.7 Å². The SMILES string of the molecule is CCCCCC(O)C=CC1C(O)CC2C=C(C(CCC)C(=O)[O-])C(C)C21. The second-order valence-electron chi connectivity index (χ2n) is 8.19. The maximum Gasteiger partial charge on any atom is 0.0721 e. The molecule has 148 valence electrons. The smallest absolute Gasteiger partial charge is 0.0721 e. The molecule has 0 saturated heterocycles. The van der Waals surface area contributed by atoms with Gasteiger partial charge in [0.25, 0.3) is 0 Å². The van der Waals surface area contributed by atoms with Gasteiger partial charge in [0.1, 0.15) is 0 Å². The maximum atomic E-state index is 11.6. The normalized spacial score (nSPS) is 33.3. The molecule has 7 unspecified atom stereocenters. The fourth-order valence-corrected chi connectivity index (χ4v) is 5.00. The lowest BCUT2D eigenvalue weighted by atomic mass is 9.78. The van der Waals surface area contributed by atoms with Crippen molar-refractivity contribution in [3.63, 3.8) is 0 Å². The highest BCUT2D eigenvalue weighted by molar-refractivity contribution is 5.72. The second kappa shape index (κ2) is 9.70. The lowest BCUT2D eigenvalue weighted by Crippen LogP contribution is -2.34. The summed E-state index contributed by atoms with van der Waals surface area (Å²) in [5, 5.41) is 32.2. The van der Waals surface area contributed by atoms with E-state index in [1.165, 1.54) is 0 Å². The third-order valence-electron chi connectivity index (χ3n) is 6.33. The molecule has 0 amide bonds. The van der Waals surface area contributed by atoms with E-state index in [-0.39, 0.29) is 23.7 Å². The Morgan fingerprint density at radius 1 is 1.31 bits per heavy atom. The van der Waals surface area contributed by atoms with Crippen molar-refractivity contribution in [1.82, 2.24) is 0 Å². The molecule has 0 aliphatic heterocycles. The number of allylic oxidation sites excluding steroid dienone is 1. The average Bonchev–Trinajstić information content (AvgIpc) is 3.06. The highest BCUT2D eigenvalue weighted by Crippen LogP contribution is 2.52. The van der Waals surface area contributed by atoms with Gasteiger partial charge in [-0.2, -0.15) is 0 Å². The number of aliphatic carboxylic acids is 1. The van der Waals surface area contributed by atoms with Gasteiger partial charge in [-0.05, 0) is 37.0 Å². The first-order chi connectivity index (χ1) is 12.4. The quantitative estimate of drug-likeness (QED) is 0.462. The molecule has 2 aliphatic carbocycles. The highest BCUT2D eigenvalue weighted by atomic mass is 16.4. The number of unbranched alkanes of at least 4 members (excludes halogenated alkanes) is 2. The minimum Gasteiger partial charge on any atom is -0.550 e. The van der Waals surface area contributed by atoms with Gasteiger partial charge in [0.15, 0.2) is 0 Å². The maximum absolute atomic E-state index is 11.6. The number of hydrogen-bond donors (Lipinski definition) is 2. The van der Waals surface area contributed by atoms with Crippen LogP contribution in [0.15, 0.2) is 23.8 Å². The van der Waals surface area contributed by atoms with E-state index in [0.29, 0.717) is 12.8 Å². The summed E-state index contributed by atoms with van der Waals surface area (Å²) < 4.78 is 0. The van der Waals surface area contributed by atoms with Gasteiger partial charge in [0.05, 0.1) is 12.2 Å².